The predicted molar refractivity (Wildman–Crippen MR) is 81.0 cm³/mol. The van der Waals surface area contributed by atoms with Gasteiger partial charge in [-0.1, -0.05) is 49.4 Å². The van der Waals surface area contributed by atoms with Crippen molar-refractivity contribution in [1.29, 1.82) is 0 Å². The van der Waals surface area contributed by atoms with Gasteiger partial charge in [0, 0.05) is 5.56 Å². The molecule has 1 aromatic carbocycles. The fraction of sp³-hybridized carbons (Fsp3) is 0.333. The van der Waals surface area contributed by atoms with Crippen molar-refractivity contribution < 1.29 is 5.11 Å². The molecular weight excluding hydrogens is 270 g/mol. The number of fused-ring (bicyclic) bond motifs is 1. The minimum Gasteiger partial charge on any atom is -0.390 e. The molecular formula is C15H17N3OS. The van der Waals surface area contributed by atoms with Gasteiger partial charge in [0.25, 0.3) is 0 Å². The van der Waals surface area contributed by atoms with E-state index in [1.165, 1.54) is 5.56 Å². The Morgan fingerprint density at radius 1 is 1.30 bits per heavy atom. The summed E-state index contributed by atoms with van der Waals surface area (Å²) in [4.78, 5) is 5.46. The lowest BCUT2D eigenvalue weighted by atomic mass is 10.1. The van der Waals surface area contributed by atoms with Crippen molar-refractivity contribution in [3.8, 4) is 10.6 Å². The van der Waals surface area contributed by atoms with E-state index in [1.54, 1.807) is 15.9 Å². The van der Waals surface area contributed by atoms with E-state index in [0.717, 1.165) is 26.9 Å². The topological polar surface area (TPSA) is 50.4 Å². The van der Waals surface area contributed by atoms with E-state index < -0.39 is 0 Å². The fourth-order valence-electron chi connectivity index (χ4n) is 2.34. The Morgan fingerprint density at radius 2 is 2.05 bits per heavy atom. The van der Waals surface area contributed by atoms with E-state index in [9.17, 15) is 5.11 Å². The maximum atomic E-state index is 9.59. The van der Waals surface area contributed by atoms with Gasteiger partial charge < -0.3 is 5.11 Å². The Balaban J connectivity index is 2.18. The summed E-state index contributed by atoms with van der Waals surface area (Å²) in [5.74, 6) is 0.285. The first-order valence-electron chi connectivity index (χ1n) is 6.67. The van der Waals surface area contributed by atoms with Crippen LogP contribution in [0.3, 0.4) is 0 Å². The third-order valence-electron chi connectivity index (χ3n) is 3.40. The van der Waals surface area contributed by atoms with Crippen LogP contribution in [0.1, 0.15) is 36.7 Å². The molecule has 0 spiro atoms. The number of nitrogens with zero attached hydrogens (tertiary/aromatic N) is 3. The highest BCUT2D eigenvalue weighted by molar-refractivity contribution is 7.19. The summed E-state index contributed by atoms with van der Waals surface area (Å²) < 4.78 is 1.78. The van der Waals surface area contributed by atoms with E-state index in [0.29, 0.717) is 0 Å². The molecule has 5 heteroatoms. The second-order valence-corrected chi connectivity index (χ2v) is 6.13. The molecule has 0 saturated heterocycles. The van der Waals surface area contributed by atoms with Crippen molar-refractivity contribution in [3.63, 3.8) is 0 Å². The van der Waals surface area contributed by atoms with Crippen LogP contribution >= 0.6 is 11.3 Å². The van der Waals surface area contributed by atoms with Crippen molar-refractivity contribution >= 4 is 16.3 Å². The van der Waals surface area contributed by atoms with Gasteiger partial charge in [-0.25, -0.2) is 9.50 Å². The van der Waals surface area contributed by atoms with Crippen LogP contribution < -0.4 is 0 Å². The molecule has 104 valence electrons. The van der Waals surface area contributed by atoms with E-state index in [-0.39, 0.29) is 12.5 Å². The molecule has 0 fully saturated rings. The number of aliphatic hydroxyl groups is 1. The molecule has 0 aliphatic rings. The van der Waals surface area contributed by atoms with Crippen molar-refractivity contribution in [3.05, 3.63) is 41.2 Å². The highest BCUT2D eigenvalue weighted by atomic mass is 32.1. The second kappa shape index (κ2) is 5.00. The zero-order chi connectivity index (χ0) is 14.3. The average Bonchev–Trinajstić information content (AvgIpc) is 2.95. The normalized spacial score (nSPS) is 11.7. The van der Waals surface area contributed by atoms with Crippen molar-refractivity contribution in [2.24, 2.45) is 0 Å². The Labute approximate surface area is 121 Å². The molecule has 3 rings (SSSR count). The van der Waals surface area contributed by atoms with E-state index >= 15 is 0 Å². The number of hydrogen-bond acceptors (Lipinski definition) is 4. The first-order valence-corrected chi connectivity index (χ1v) is 7.48. The number of rotatable bonds is 3. The molecule has 2 heterocycles. The van der Waals surface area contributed by atoms with Gasteiger partial charge in [-0.05, 0) is 18.4 Å². The highest BCUT2D eigenvalue weighted by Gasteiger charge is 2.18. The molecule has 0 saturated carbocycles. The Hall–Kier alpha value is -1.72. The monoisotopic (exact) mass is 287 g/mol. The third kappa shape index (κ3) is 2.03. The number of aryl methyl sites for hydroxylation is 1. The zero-order valence-electron chi connectivity index (χ0n) is 11.8. The fourth-order valence-corrected chi connectivity index (χ4v) is 3.35. The third-order valence-corrected chi connectivity index (χ3v) is 4.34. The van der Waals surface area contributed by atoms with Crippen molar-refractivity contribution in [2.45, 2.75) is 33.3 Å². The molecule has 1 N–H and O–H groups in total. The smallest absolute Gasteiger partial charge is 0.213 e. The van der Waals surface area contributed by atoms with Gasteiger partial charge in [-0.3, -0.25) is 0 Å². The maximum Gasteiger partial charge on any atom is 0.213 e. The Bertz CT molecular complexity index is 758. The summed E-state index contributed by atoms with van der Waals surface area (Å²) >= 11 is 1.56. The van der Waals surface area contributed by atoms with Gasteiger partial charge in [-0.2, -0.15) is 5.10 Å². The van der Waals surface area contributed by atoms with Crippen molar-refractivity contribution in [1.82, 2.24) is 14.6 Å². The molecule has 0 unspecified atom stereocenters. The minimum absolute atomic E-state index is 0.0361. The first kappa shape index (κ1) is 13.3. The highest BCUT2D eigenvalue weighted by Crippen LogP contribution is 2.30. The molecule has 3 aromatic rings. The number of imidazole rings is 1. The molecule has 20 heavy (non-hydrogen) atoms. The summed E-state index contributed by atoms with van der Waals surface area (Å²) in [5, 5.41) is 15.2. The number of aliphatic hydroxyl groups excluding tert-OH is 1. The quantitative estimate of drug-likeness (QED) is 0.803. The van der Waals surface area contributed by atoms with Crippen LogP contribution in [-0.4, -0.2) is 19.7 Å². The molecule has 0 radical (unpaired) electrons. The lowest BCUT2D eigenvalue weighted by Crippen LogP contribution is -1.99. The molecule has 0 amide bonds. The predicted octanol–water partition coefficient (Wildman–Crippen LogP) is 3.38. The molecule has 4 nitrogen and oxygen atoms in total. The van der Waals surface area contributed by atoms with Crippen molar-refractivity contribution in [2.75, 3.05) is 0 Å². The van der Waals surface area contributed by atoms with Crippen LogP contribution in [0.4, 0.5) is 0 Å². The van der Waals surface area contributed by atoms with E-state index in [1.807, 2.05) is 12.1 Å². The van der Waals surface area contributed by atoms with Crippen LogP contribution in [0.5, 0.6) is 0 Å². The summed E-state index contributed by atoms with van der Waals surface area (Å²) in [6.07, 6.45) is 0. The van der Waals surface area contributed by atoms with Gasteiger partial charge in [0.1, 0.15) is 5.01 Å². The summed E-state index contributed by atoms with van der Waals surface area (Å²) in [6, 6.07) is 8.17. The van der Waals surface area contributed by atoms with Crippen LogP contribution in [0.25, 0.3) is 15.5 Å². The molecule has 0 aliphatic heterocycles. The van der Waals surface area contributed by atoms with Gasteiger partial charge in [0.05, 0.1) is 18.0 Å². The van der Waals surface area contributed by atoms with Crippen LogP contribution in [-0.2, 0) is 6.61 Å². The zero-order valence-corrected chi connectivity index (χ0v) is 12.6. The van der Waals surface area contributed by atoms with Crippen LogP contribution in [0.2, 0.25) is 0 Å². The summed E-state index contributed by atoms with van der Waals surface area (Å²) in [7, 11) is 0. The standard InChI is InChI=1S/C15H17N3OS/c1-9(2)13-12(8-19)18-15(16-13)20-14(17-18)11-7-5-4-6-10(11)3/h4-7,9,19H,8H2,1-3H3. The van der Waals surface area contributed by atoms with Gasteiger partial charge in [0.2, 0.25) is 4.96 Å². The van der Waals surface area contributed by atoms with E-state index in [4.69, 9.17) is 0 Å². The van der Waals surface area contributed by atoms with Gasteiger partial charge in [-0.15, -0.1) is 0 Å². The minimum atomic E-state index is -0.0361. The summed E-state index contributed by atoms with van der Waals surface area (Å²) in [6.45, 7) is 6.19. The lowest BCUT2D eigenvalue weighted by Gasteiger charge is -2.03. The molecule has 0 atom stereocenters. The number of hydrogen-bond donors (Lipinski definition) is 1. The van der Waals surface area contributed by atoms with Crippen LogP contribution in [0, 0.1) is 6.92 Å². The first-order chi connectivity index (χ1) is 9.61. The van der Waals surface area contributed by atoms with Gasteiger partial charge >= 0.3 is 0 Å². The van der Waals surface area contributed by atoms with E-state index in [2.05, 4.69) is 43.0 Å². The molecule has 0 bridgehead atoms. The SMILES string of the molecule is Cc1ccccc1-c1nn2c(CO)c(C(C)C)nc2s1. The second-order valence-electron chi connectivity index (χ2n) is 5.17. The van der Waals surface area contributed by atoms with Gasteiger partial charge in [0.15, 0.2) is 0 Å². The molecule has 0 aliphatic carbocycles. The number of aromatic nitrogens is 3. The largest absolute Gasteiger partial charge is 0.390 e. The molecule has 2 aromatic heterocycles. The number of benzene rings is 1. The summed E-state index contributed by atoms with van der Waals surface area (Å²) in [5.41, 5.74) is 4.05. The average molecular weight is 287 g/mol. The maximum absolute atomic E-state index is 9.59. The Morgan fingerprint density at radius 3 is 2.70 bits per heavy atom. The Kier molecular flexibility index (Phi) is 3.31. The lowest BCUT2D eigenvalue weighted by molar-refractivity contribution is 0.272. The van der Waals surface area contributed by atoms with Crippen LogP contribution in [0.15, 0.2) is 24.3 Å².